The van der Waals surface area contributed by atoms with Gasteiger partial charge in [-0.05, 0) is 6.92 Å². The largest absolute Gasteiger partial charge is 0.465 e. The Morgan fingerprint density at radius 1 is 1.77 bits per heavy atom. The van der Waals surface area contributed by atoms with Crippen LogP contribution < -0.4 is 0 Å². The van der Waals surface area contributed by atoms with Gasteiger partial charge in [0.05, 0.1) is 18.4 Å². The van der Waals surface area contributed by atoms with Gasteiger partial charge < -0.3 is 4.74 Å². The number of carbonyl (C=O) groups is 1. The van der Waals surface area contributed by atoms with E-state index in [1.807, 2.05) is 13.0 Å². The van der Waals surface area contributed by atoms with Crippen LogP contribution in [0.2, 0.25) is 0 Å². The number of esters is 1. The summed E-state index contributed by atoms with van der Waals surface area (Å²) in [5.74, 6) is -0.0129. The molecule has 2 unspecified atom stereocenters. The van der Waals surface area contributed by atoms with Gasteiger partial charge in [-0.15, -0.1) is 23.4 Å². The number of halogens is 1. The van der Waals surface area contributed by atoms with Crippen LogP contribution in [0.25, 0.3) is 0 Å². The molecule has 0 heterocycles. The van der Waals surface area contributed by atoms with Gasteiger partial charge in [0.1, 0.15) is 5.38 Å². The molecule has 0 aromatic rings. The third-order valence-electron chi connectivity index (χ3n) is 1.30. The molecule has 3 nitrogen and oxygen atoms in total. The molecule has 2 atom stereocenters. The average Bonchev–Trinajstić information content (AvgIpc) is 2.13. The van der Waals surface area contributed by atoms with Crippen molar-refractivity contribution < 1.29 is 9.53 Å². The van der Waals surface area contributed by atoms with E-state index in [9.17, 15) is 4.79 Å². The van der Waals surface area contributed by atoms with Crippen molar-refractivity contribution in [3.8, 4) is 6.07 Å². The monoisotopic (exact) mass is 221 g/mol. The minimum absolute atomic E-state index is 0.0592. The van der Waals surface area contributed by atoms with Crippen molar-refractivity contribution in [2.75, 3.05) is 12.4 Å². The Morgan fingerprint density at radius 3 is 2.85 bits per heavy atom. The van der Waals surface area contributed by atoms with Crippen molar-refractivity contribution >= 4 is 29.3 Å². The molecule has 0 aliphatic carbocycles. The molecule has 0 fully saturated rings. The number of hydrogen-bond donors (Lipinski definition) is 0. The zero-order chi connectivity index (χ0) is 10.3. The molecule has 74 valence electrons. The van der Waals surface area contributed by atoms with E-state index < -0.39 is 5.38 Å². The fourth-order valence-electron chi connectivity index (χ4n) is 0.592. The average molecular weight is 222 g/mol. The van der Waals surface area contributed by atoms with Crippen molar-refractivity contribution in [1.82, 2.24) is 0 Å². The van der Waals surface area contributed by atoms with Crippen LogP contribution in [0.5, 0.6) is 0 Å². The highest BCUT2D eigenvalue weighted by atomic mass is 35.5. The molecule has 0 rings (SSSR count). The summed E-state index contributed by atoms with van der Waals surface area (Å²) in [7, 11) is 0. The molecule has 0 saturated carbocycles. The quantitative estimate of drug-likeness (QED) is 0.525. The number of alkyl halides is 1. The Balaban J connectivity index is 3.64. The van der Waals surface area contributed by atoms with Gasteiger partial charge in [0.2, 0.25) is 0 Å². The minimum Gasteiger partial charge on any atom is -0.465 e. The third kappa shape index (κ3) is 5.78. The predicted octanol–water partition coefficient (Wildman–Crippen LogP) is 1.80. The second-order valence-electron chi connectivity index (χ2n) is 2.35. The maximum atomic E-state index is 10.9. The van der Waals surface area contributed by atoms with E-state index in [2.05, 4.69) is 0 Å². The molecular formula is C8H12ClNO2S. The fraction of sp³-hybridized carbons (Fsp3) is 0.750. The highest BCUT2D eigenvalue weighted by Crippen LogP contribution is 2.17. The molecule has 0 bridgehead atoms. The van der Waals surface area contributed by atoms with Crippen molar-refractivity contribution in [2.24, 2.45) is 0 Å². The number of nitrogens with zero attached hydrogens (tertiary/aromatic N) is 1. The lowest BCUT2D eigenvalue weighted by Gasteiger charge is -2.10. The van der Waals surface area contributed by atoms with E-state index in [1.54, 1.807) is 6.92 Å². The van der Waals surface area contributed by atoms with Crippen molar-refractivity contribution in [3.05, 3.63) is 0 Å². The summed E-state index contributed by atoms with van der Waals surface area (Å²) in [6.07, 6.45) is 0. The maximum Gasteiger partial charge on any atom is 0.315 e. The molecule has 0 aromatic heterocycles. The fourth-order valence-corrected chi connectivity index (χ4v) is 1.52. The number of thioether (sulfide) groups is 1. The summed E-state index contributed by atoms with van der Waals surface area (Å²) in [5, 5.41) is 7.85. The van der Waals surface area contributed by atoms with E-state index in [4.69, 9.17) is 21.6 Å². The van der Waals surface area contributed by atoms with Crippen LogP contribution in [0.15, 0.2) is 0 Å². The Kier molecular flexibility index (Phi) is 6.83. The summed E-state index contributed by atoms with van der Waals surface area (Å²) in [4.78, 5) is 10.9. The number of nitriles is 1. The van der Waals surface area contributed by atoms with Crippen LogP contribution in [-0.2, 0) is 9.53 Å². The highest BCUT2D eigenvalue weighted by molar-refractivity contribution is 8.00. The van der Waals surface area contributed by atoms with E-state index in [0.717, 1.165) is 0 Å². The van der Waals surface area contributed by atoms with Gasteiger partial charge in [-0.25, -0.2) is 0 Å². The predicted molar refractivity (Wildman–Crippen MR) is 53.8 cm³/mol. The first-order valence-electron chi connectivity index (χ1n) is 3.92. The Morgan fingerprint density at radius 2 is 2.38 bits per heavy atom. The molecule has 0 aliphatic heterocycles. The lowest BCUT2D eigenvalue weighted by Crippen LogP contribution is -2.15. The summed E-state index contributed by atoms with van der Waals surface area (Å²) in [6, 6.07) is 1.91. The molecule has 5 heteroatoms. The molecule has 0 aliphatic rings. The van der Waals surface area contributed by atoms with Crippen LogP contribution in [0.1, 0.15) is 13.8 Å². The highest BCUT2D eigenvalue weighted by Gasteiger charge is 2.15. The van der Waals surface area contributed by atoms with Gasteiger partial charge >= 0.3 is 5.97 Å². The summed E-state index contributed by atoms with van der Waals surface area (Å²) >= 11 is 6.97. The molecule has 0 aromatic carbocycles. The zero-order valence-electron chi connectivity index (χ0n) is 7.62. The van der Waals surface area contributed by atoms with Gasteiger partial charge in [-0.1, -0.05) is 6.92 Å². The summed E-state index contributed by atoms with van der Waals surface area (Å²) in [6.45, 7) is 3.95. The zero-order valence-corrected chi connectivity index (χ0v) is 9.19. The number of hydrogen-bond acceptors (Lipinski definition) is 4. The maximum absolute atomic E-state index is 10.9. The van der Waals surface area contributed by atoms with E-state index >= 15 is 0 Å². The molecule has 0 saturated heterocycles. The van der Waals surface area contributed by atoms with E-state index in [0.29, 0.717) is 6.61 Å². The first-order valence-corrected chi connectivity index (χ1v) is 5.41. The normalized spacial score (nSPS) is 14.3. The lowest BCUT2D eigenvalue weighted by molar-refractivity contribution is -0.139. The molecule has 0 spiro atoms. The molecule has 0 N–H and O–H groups in total. The third-order valence-corrected chi connectivity index (χ3v) is 3.13. The van der Waals surface area contributed by atoms with Gasteiger partial charge in [-0.3, -0.25) is 4.79 Å². The number of rotatable bonds is 5. The Bertz CT molecular complexity index is 205. The van der Waals surface area contributed by atoms with E-state index in [1.165, 1.54) is 11.8 Å². The Hall–Kier alpha value is -0.400. The van der Waals surface area contributed by atoms with Crippen molar-refractivity contribution in [1.29, 1.82) is 5.26 Å². The topological polar surface area (TPSA) is 50.1 Å². The van der Waals surface area contributed by atoms with Crippen molar-refractivity contribution in [3.63, 3.8) is 0 Å². The SMILES string of the molecule is CCOC(=O)CSC(C)C(Cl)C#N. The van der Waals surface area contributed by atoms with Crippen LogP contribution in [-0.4, -0.2) is 29.0 Å². The minimum atomic E-state index is -0.556. The first-order chi connectivity index (χ1) is 6.11. The lowest BCUT2D eigenvalue weighted by atomic mass is 10.3. The van der Waals surface area contributed by atoms with Gasteiger partial charge in [0, 0.05) is 5.25 Å². The van der Waals surface area contributed by atoms with Gasteiger partial charge in [-0.2, -0.15) is 5.26 Å². The second-order valence-corrected chi connectivity index (χ2v) is 4.19. The standard InChI is InChI=1S/C8H12ClNO2S/c1-3-12-8(11)5-13-6(2)7(9)4-10/h6-7H,3,5H2,1-2H3. The summed E-state index contributed by atoms with van der Waals surface area (Å²) < 4.78 is 4.72. The smallest absolute Gasteiger partial charge is 0.315 e. The van der Waals surface area contributed by atoms with Crippen LogP contribution >= 0.6 is 23.4 Å². The first kappa shape index (κ1) is 12.6. The number of ether oxygens (including phenoxy) is 1. The van der Waals surface area contributed by atoms with Crippen LogP contribution in [0.3, 0.4) is 0 Å². The number of carbonyl (C=O) groups excluding carboxylic acids is 1. The van der Waals surface area contributed by atoms with Gasteiger partial charge in [0.15, 0.2) is 0 Å². The van der Waals surface area contributed by atoms with Crippen LogP contribution in [0.4, 0.5) is 0 Å². The molecular weight excluding hydrogens is 210 g/mol. The Labute approximate surface area is 87.4 Å². The van der Waals surface area contributed by atoms with E-state index in [-0.39, 0.29) is 17.0 Å². The second kappa shape index (κ2) is 7.05. The van der Waals surface area contributed by atoms with Crippen LogP contribution in [0, 0.1) is 11.3 Å². The summed E-state index contributed by atoms with van der Waals surface area (Å²) in [5.41, 5.74) is 0. The van der Waals surface area contributed by atoms with Crippen molar-refractivity contribution in [2.45, 2.75) is 24.5 Å². The molecule has 0 radical (unpaired) electrons. The van der Waals surface area contributed by atoms with Gasteiger partial charge in [0.25, 0.3) is 0 Å². The molecule has 13 heavy (non-hydrogen) atoms. The molecule has 0 amide bonds.